The first-order chi connectivity index (χ1) is 20.8. The summed E-state index contributed by atoms with van der Waals surface area (Å²) in [7, 11) is 0. The topological polar surface area (TPSA) is 88.8 Å². The van der Waals surface area contributed by atoms with Gasteiger partial charge in [-0.25, -0.2) is 4.79 Å². The van der Waals surface area contributed by atoms with Crippen molar-refractivity contribution in [3.8, 4) is 0 Å². The number of halogens is 2. The van der Waals surface area contributed by atoms with Crippen LogP contribution in [0.3, 0.4) is 0 Å². The number of carbonyl (C=O) groups excluding carboxylic acids is 3. The Labute approximate surface area is 266 Å². The maximum atomic E-state index is 14.8. The van der Waals surface area contributed by atoms with Crippen LogP contribution in [0.5, 0.6) is 0 Å². The minimum absolute atomic E-state index is 0.0378. The molecule has 2 atom stereocenters. The number of hydrogen-bond acceptors (Lipinski definition) is 3. The molecule has 0 saturated carbocycles. The summed E-state index contributed by atoms with van der Waals surface area (Å²) in [4.78, 5) is 50.2. The summed E-state index contributed by atoms with van der Waals surface area (Å²) in [6, 6.07) is 13.0. The van der Waals surface area contributed by atoms with E-state index in [0.717, 1.165) is 39.3 Å². The molecule has 8 nitrogen and oxygen atoms in total. The monoisotopic (exact) mass is 667 g/mol. The SMILES string of the molecule is CCCC=CCC1(C(=O)N2CCN(C(=O)NCC)CC2)CC(=O)N(Cc2ccc(Br)cc2)C1c1c[nH]c2cc(Cl)ccc12. The Kier molecular flexibility index (Phi) is 9.82. The van der Waals surface area contributed by atoms with Crippen molar-refractivity contribution < 1.29 is 14.4 Å². The summed E-state index contributed by atoms with van der Waals surface area (Å²) < 4.78 is 0.964. The van der Waals surface area contributed by atoms with Gasteiger partial charge in [-0.15, -0.1) is 0 Å². The fourth-order valence-electron chi connectivity index (χ4n) is 6.42. The van der Waals surface area contributed by atoms with Crippen molar-refractivity contribution in [1.82, 2.24) is 25.0 Å². The zero-order valence-electron chi connectivity index (χ0n) is 24.7. The minimum Gasteiger partial charge on any atom is -0.361 e. The molecule has 2 fully saturated rings. The maximum Gasteiger partial charge on any atom is 0.317 e. The van der Waals surface area contributed by atoms with Gasteiger partial charge in [0.05, 0.1) is 11.5 Å². The molecule has 0 bridgehead atoms. The predicted octanol–water partition coefficient (Wildman–Crippen LogP) is 6.66. The number of urea groups is 1. The van der Waals surface area contributed by atoms with E-state index in [1.54, 1.807) is 4.90 Å². The molecule has 2 aliphatic rings. The van der Waals surface area contributed by atoms with Gasteiger partial charge in [0, 0.05) is 77.8 Å². The van der Waals surface area contributed by atoms with E-state index in [-0.39, 0.29) is 24.3 Å². The molecule has 3 aromatic rings. The molecule has 2 unspecified atom stereocenters. The lowest BCUT2D eigenvalue weighted by Gasteiger charge is -2.42. The van der Waals surface area contributed by atoms with Crippen LogP contribution in [-0.2, 0) is 16.1 Å². The summed E-state index contributed by atoms with van der Waals surface area (Å²) in [6.45, 7) is 6.70. The van der Waals surface area contributed by atoms with E-state index in [0.29, 0.717) is 50.7 Å². The molecule has 1 aromatic heterocycles. The lowest BCUT2D eigenvalue weighted by Crippen LogP contribution is -2.56. The van der Waals surface area contributed by atoms with Crippen molar-refractivity contribution in [2.75, 3.05) is 32.7 Å². The maximum absolute atomic E-state index is 14.8. The average molecular weight is 669 g/mol. The van der Waals surface area contributed by atoms with Gasteiger partial charge in [-0.05, 0) is 49.6 Å². The van der Waals surface area contributed by atoms with Crippen molar-refractivity contribution in [2.24, 2.45) is 5.41 Å². The van der Waals surface area contributed by atoms with Gasteiger partial charge in [-0.1, -0.05) is 71.2 Å². The molecule has 5 rings (SSSR count). The molecule has 0 spiro atoms. The number of unbranched alkanes of at least 4 members (excludes halogenated alkanes) is 1. The molecule has 228 valence electrons. The first-order valence-electron chi connectivity index (χ1n) is 15.0. The number of benzene rings is 2. The Morgan fingerprint density at radius 1 is 1.07 bits per heavy atom. The van der Waals surface area contributed by atoms with Crippen LogP contribution in [-0.4, -0.2) is 70.3 Å². The fraction of sp³-hybridized carbons (Fsp3) is 0.424. The zero-order chi connectivity index (χ0) is 30.6. The molecule has 4 amide bonds. The van der Waals surface area contributed by atoms with Gasteiger partial charge in [0.1, 0.15) is 0 Å². The van der Waals surface area contributed by atoms with Gasteiger partial charge in [-0.2, -0.15) is 0 Å². The Morgan fingerprint density at radius 2 is 1.79 bits per heavy atom. The van der Waals surface area contributed by atoms with E-state index >= 15 is 0 Å². The van der Waals surface area contributed by atoms with Gasteiger partial charge in [-0.3, -0.25) is 9.59 Å². The van der Waals surface area contributed by atoms with Crippen molar-refractivity contribution in [3.05, 3.63) is 81.4 Å². The Morgan fingerprint density at radius 3 is 2.49 bits per heavy atom. The molecule has 0 aliphatic carbocycles. The van der Waals surface area contributed by atoms with Gasteiger partial charge in [0.25, 0.3) is 0 Å². The number of carbonyl (C=O) groups is 3. The van der Waals surface area contributed by atoms with Crippen LogP contribution in [0.4, 0.5) is 4.79 Å². The minimum atomic E-state index is -1.01. The predicted molar refractivity (Wildman–Crippen MR) is 174 cm³/mol. The van der Waals surface area contributed by atoms with E-state index in [1.165, 1.54) is 0 Å². The van der Waals surface area contributed by atoms with Crippen molar-refractivity contribution in [3.63, 3.8) is 0 Å². The van der Waals surface area contributed by atoms with E-state index < -0.39 is 11.5 Å². The number of aromatic nitrogens is 1. The summed E-state index contributed by atoms with van der Waals surface area (Å²) in [6.07, 6.45) is 8.60. The average Bonchev–Trinajstić information content (AvgIpc) is 3.53. The van der Waals surface area contributed by atoms with Crippen LogP contribution in [0.25, 0.3) is 10.9 Å². The quantitative estimate of drug-likeness (QED) is 0.250. The van der Waals surface area contributed by atoms with Crippen LogP contribution in [0.15, 0.2) is 65.3 Å². The first kappa shape index (κ1) is 31.1. The van der Waals surface area contributed by atoms with Crippen LogP contribution < -0.4 is 5.32 Å². The third-order valence-corrected chi connectivity index (χ3v) is 9.33. The van der Waals surface area contributed by atoms with Crippen LogP contribution in [0.2, 0.25) is 5.02 Å². The second-order valence-corrected chi connectivity index (χ2v) is 12.7. The third-order valence-electron chi connectivity index (χ3n) is 8.57. The number of likely N-dealkylation sites (tertiary alicyclic amines) is 1. The van der Waals surface area contributed by atoms with Crippen molar-refractivity contribution in [1.29, 1.82) is 0 Å². The second kappa shape index (κ2) is 13.6. The van der Waals surface area contributed by atoms with Gasteiger partial charge < -0.3 is 25.0 Å². The molecule has 3 heterocycles. The van der Waals surface area contributed by atoms with E-state index in [2.05, 4.69) is 45.3 Å². The molecule has 2 N–H and O–H groups in total. The number of nitrogens with zero attached hydrogens (tertiary/aromatic N) is 3. The number of allylic oxidation sites excluding steroid dienone is 2. The summed E-state index contributed by atoms with van der Waals surface area (Å²) in [5, 5.41) is 4.41. The highest BCUT2D eigenvalue weighted by atomic mass is 79.9. The number of hydrogen-bond donors (Lipinski definition) is 2. The summed E-state index contributed by atoms with van der Waals surface area (Å²) in [5.74, 6) is -0.0846. The zero-order valence-corrected chi connectivity index (χ0v) is 27.1. The highest BCUT2D eigenvalue weighted by Crippen LogP contribution is 2.53. The second-order valence-electron chi connectivity index (χ2n) is 11.4. The Bertz CT molecular complexity index is 1500. The first-order valence-corrected chi connectivity index (χ1v) is 16.2. The molecule has 0 radical (unpaired) electrons. The largest absolute Gasteiger partial charge is 0.361 e. The molecule has 43 heavy (non-hydrogen) atoms. The lowest BCUT2D eigenvalue weighted by molar-refractivity contribution is -0.145. The highest BCUT2D eigenvalue weighted by molar-refractivity contribution is 9.10. The summed E-state index contributed by atoms with van der Waals surface area (Å²) >= 11 is 9.84. The molecule has 10 heteroatoms. The normalized spacial score (nSPS) is 20.9. The van der Waals surface area contributed by atoms with Gasteiger partial charge in [0.2, 0.25) is 11.8 Å². The molecule has 2 aliphatic heterocycles. The molecular formula is C33H39BrClN5O3. The lowest BCUT2D eigenvalue weighted by atomic mass is 9.72. The number of aromatic amines is 1. The number of piperazine rings is 1. The molecular weight excluding hydrogens is 630 g/mol. The van der Waals surface area contributed by atoms with Gasteiger partial charge in [0.15, 0.2) is 0 Å². The fourth-order valence-corrected chi connectivity index (χ4v) is 6.86. The van der Waals surface area contributed by atoms with E-state index in [4.69, 9.17) is 11.6 Å². The molecule has 2 saturated heterocycles. The summed E-state index contributed by atoms with van der Waals surface area (Å²) in [5.41, 5.74) is 1.75. The smallest absolute Gasteiger partial charge is 0.317 e. The standard InChI is InChI=1S/C33H39BrClN5O3/c1-3-5-6-7-14-33(31(42)38-15-17-39(18-16-38)32(43)36-4-2)20-29(41)40(22-23-8-10-24(34)11-9-23)30(33)27-21-37-28-19-25(35)12-13-26(27)28/h6-13,19,21,30,37H,3-5,14-18,20,22H2,1-2H3,(H,36,43). The third kappa shape index (κ3) is 6.48. The number of amides is 4. The Hall–Kier alpha value is -3.30. The number of nitrogens with one attached hydrogen (secondary N) is 2. The molecule has 2 aromatic carbocycles. The van der Waals surface area contributed by atoms with Crippen molar-refractivity contribution in [2.45, 2.75) is 52.1 Å². The van der Waals surface area contributed by atoms with Gasteiger partial charge >= 0.3 is 6.03 Å². The van der Waals surface area contributed by atoms with E-state index in [1.807, 2.05) is 65.4 Å². The van der Waals surface area contributed by atoms with Crippen LogP contribution >= 0.6 is 27.5 Å². The van der Waals surface area contributed by atoms with Crippen LogP contribution in [0.1, 0.15) is 56.7 Å². The number of fused-ring (bicyclic) bond motifs is 1. The number of H-pyrrole nitrogens is 1. The van der Waals surface area contributed by atoms with Crippen LogP contribution in [0, 0.1) is 5.41 Å². The van der Waals surface area contributed by atoms with Crippen molar-refractivity contribution >= 4 is 56.3 Å². The van der Waals surface area contributed by atoms with E-state index in [9.17, 15) is 14.4 Å². The Balaban J connectivity index is 1.57. The highest BCUT2D eigenvalue weighted by Gasteiger charge is 2.58. The number of rotatable bonds is 9.